The normalized spacial score (nSPS) is 13.8. The van der Waals surface area contributed by atoms with E-state index in [0.29, 0.717) is 5.70 Å². The molecule has 5 rings (SSSR count). The summed E-state index contributed by atoms with van der Waals surface area (Å²) >= 11 is 1.76. The van der Waals surface area contributed by atoms with Gasteiger partial charge in [-0.15, -0.1) is 11.3 Å². The number of benzene rings is 2. The zero-order chi connectivity index (χ0) is 22.8. The van der Waals surface area contributed by atoms with Gasteiger partial charge in [-0.2, -0.15) is 5.10 Å². The van der Waals surface area contributed by atoms with E-state index < -0.39 is 0 Å². The molecule has 2 aromatic heterocycles. The summed E-state index contributed by atoms with van der Waals surface area (Å²) < 4.78 is 1.88. The zero-order valence-electron chi connectivity index (χ0n) is 18.6. The van der Waals surface area contributed by atoms with Crippen LogP contribution in [0.4, 0.5) is 5.13 Å². The molecular formula is C25H27N7S. The highest BCUT2D eigenvalue weighted by molar-refractivity contribution is 7.15. The summed E-state index contributed by atoms with van der Waals surface area (Å²) in [5, 5.41) is 6.87. The fourth-order valence-corrected chi connectivity index (χ4v) is 5.12. The zero-order valence-corrected chi connectivity index (χ0v) is 19.4. The molecule has 0 amide bonds. The SMILES string of the molecule is CN(N)/C=C(\N)c1ccc2c(c1)CN(c1ncc(Cc3cccc(-n4cccn4)c3)s1)CC2. The molecule has 168 valence electrons. The lowest BCUT2D eigenvalue weighted by Gasteiger charge is -2.29. The average molecular weight is 458 g/mol. The summed E-state index contributed by atoms with van der Waals surface area (Å²) in [5.74, 6) is 5.71. The standard InChI is InChI=1S/C25H27N7S/c1-30(27)17-24(26)20-7-6-19-8-11-31(16-21(19)14-20)25-28-15-23(33-25)13-18-4-2-5-22(12-18)32-10-3-9-29-32/h2-7,9-10,12,14-15,17H,8,11,13,16,26-27H2,1H3/b24-17-. The lowest BCUT2D eigenvalue weighted by atomic mass is 9.97. The Labute approximate surface area is 197 Å². The smallest absolute Gasteiger partial charge is 0.185 e. The van der Waals surface area contributed by atoms with Crippen molar-refractivity contribution in [2.45, 2.75) is 19.4 Å². The molecule has 33 heavy (non-hydrogen) atoms. The van der Waals surface area contributed by atoms with Crippen LogP contribution in [0.5, 0.6) is 0 Å². The molecule has 0 fully saturated rings. The molecule has 8 heteroatoms. The van der Waals surface area contributed by atoms with Crippen molar-refractivity contribution in [3.05, 3.63) is 100 Å². The summed E-state index contributed by atoms with van der Waals surface area (Å²) in [6.45, 7) is 1.79. The van der Waals surface area contributed by atoms with E-state index in [9.17, 15) is 0 Å². The van der Waals surface area contributed by atoms with Crippen LogP contribution in [-0.2, 0) is 19.4 Å². The summed E-state index contributed by atoms with van der Waals surface area (Å²) in [6.07, 6.45) is 9.34. The Morgan fingerprint density at radius 2 is 2.09 bits per heavy atom. The first kappa shape index (κ1) is 21.2. The molecule has 4 aromatic rings. The maximum Gasteiger partial charge on any atom is 0.185 e. The Kier molecular flexibility index (Phi) is 5.85. The summed E-state index contributed by atoms with van der Waals surface area (Å²) in [6, 6.07) is 16.8. The Balaban J connectivity index is 1.31. The second-order valence-electron chi connectivity index (χ2n) is 8.31. The molecule has 0 saturated carbocycles. The largest absolute Gasteiger partial charge is 0.397 e. The Bertz CT molecular complexity index is 1270. The van der Waals surface area contributed by atoms with Crippen molar-refractivity contribution in [1.29, 1.82) is 0 Å². The van der Waals surface area contributed by atoms with Crippen LogP contribution in [-0.4, -0.2) is 33.4 Å². The van der Waals surface area contributed by atoms with E-state index in [0.717, 1.165) is 42.3 Å². The van der Waals surface area contributed by atoms with E-state index in [1.807, 2.05) is 23.1 Å². The highest BCUT2D eigenvalue weighted by atomic mass is 32.1. The van der Waals surface area contributed by atoms with E-state index in [2.05, 4.69) is 52.5 Å². The molecule has 1 aliphatic heterocycles. The molecule has 0 bridgehead atoms. The van der Waals surface area contributed by atoms with Gasteiger partial charge in [-0.3, -0.25) is 0 Å². The predicted molar refractivity (Wildman–Crippen MR) is 134 cm³/mol. The quantitative estimate of drug-likeness (QED) is 0.340. The lowest BCUT2D eigenvalue weighted by molar-refractivity contribution is 0.486. The number of anilines is 1. The monoisotopic (exact) mass is 457 g/mol. The Hall–Kier alpha value is -3.62. The van der Waals surface area contributed by atoms with E-state index >= 15 is 0 Å². The van der Waals surface area contributed by atoms with Crippen LogP contribution in [0.1, 0.15) is 27.1 Å². The minimum absolute atomic E-state index is 0.661. The van der Waals surface area contributed by atoms with Crippen molar-refractivity contribution in [1.82, 2.24) is 19.8 Å². The van der Waals surface area contributed by atoms with E-state index in [-0.39, 0.29) is 0 Å². The first-order chi connectivity index (χ1) is 16.0. The van der Waals surface area contributed by atoms with Crippen LogP contribution in [0, 0.1) is 0 Å². The number of hydrogen-bond donors (Lipinski definition) is 2. The van der Waals surface area contributed by atoms with Crippen LogP contribution < -0.4 is 16.5 Å². The first-order valence-electron chi connectivity index (χ1n) is 10.9. The van der Waals surface area contributed by atoms with Gasteiger partial charge < -0.3 is 15.6 Å². The molecule has 0 spiro atoms. The topological polar surface area (TPSA) is 89.2 Å². The van der Waals surface area contributed by atoms with Gasteiger partial charge in [0.1, 0.15) is 0 Å². The van der Waals surface area contributed by atoms with Crippen molar-refractivity contribution in [3.63, 3.8) is 0 Å². The van der Waals surface area contributed by atoms with E-state index in [4.69, 9.17) is 16.6 Å². The number of nitrogens with zero attached hydrogens (tertiary/aromatic N) is 5. The van der Waals surface area contributed by atoms with Crippen molar-refractivity contribution < 1.29 is 0 Å². The van der Waals surface area contributed by atoms with E-state index in [1.54, 1.807) is 30.8 Å². The van der Waals surface area contributed by atoms with Gasteiger partial charge in [0.2, 0.25) is 0 Å². The van der Waals surface area contributed by atoms with Gasteiger partial charge in [-0.05, 0) is 52.9 Å². The third kappa shape index (κ3) is 4.76. The maximum absolute atomic E-state index is 6.20. The van der Waals surface area contributed by atoms with Crippen molar-refractivity contribution in [3.8, 4) is 5.69 Å². The summed E-state index contributed by atoms with van der Waals surface area (Å²) in [4.78, 5) is 8.35. The van der Waals surface area contributed by atoms with Gasteiger partial charge in [-0.25, -0.2) is 15.5 Å². The number of rotatable bonds is 6. The van der Waals surface area contributed by atoms with Crippen molar-refractivity contribution in [2.24, 2.45) is 11.6 Å². The molecule has 4 N–H and O–H groups in total. The fourth-order valence-electron chi connectivity index (χ4n) is 4.15. The molecule has 0 aliphatic carbocycles. The Morgan fingerprint density at radius 3 is 2.91 bits per heavy atom. The molecular weight excluding hydrogens is 430 g/mol. The molecule has 0 atom stereocenters. The van der Waals surface area contributed by atoms with Crippen LogP contribution >= 0.6 is 11.3 Å². The van der Waals surface area contributed by atoms with Gasteiger partial charge in [0.15, 0.2) is 5.13 Å². The van der Waals surface area contributed by atoms with Gasteiger partial charge in [0.25, 0.3) is 0 Å². The highest BCUT2D eigenvalue weighted by Gasteiger charge is 2.20. The van der Waals surface area contributed by atoms with Crippen molar-refractivity contribution >= 4 is 22.2 Å². The summed E-state index contributed by atoms with van der Waals surface area (Å²) in [5.41, 5.74) is 12.8. The minimum atomic E-state index is 0.661. The van der Waals surface area contributed by atoms with Crippen LogP contribution in [0.25, 0.3) is 11.4 Å². The number of fused-ring (bicyclic) bond motifs is 1. The van der Waals surface area contributed by atoms with Crippen LogP contribution in [0.2, 0.25) is 0 Å². The minimum Gasteiger partial charge on any atom is -0.397 e. The third-order valence-corrected chi connectivity index (χ3v) is 6.82. The average Bonchev–Trinajstić information content (AvgIpc) is 3.51. The third-order valence-electron chi connectivity index (χ3n) is 5.76. The number of aromatic nitrogens is 3. The van der Waals surface area contributed by atoms with E-state index in [1.165, 1.54) is 26.6 Å². The summed E-state index contributed by atoms with van der Waals surface area (Å²) in [7, 11) is 1.76. The molecule has 0 unspecified atom stereocenters. The number of hydrazine groups is 1. The van der Waals surface area contributed by atoms with Crippen LogP contribution in [0.3, 0.4) is 0 Å². The molecule has 2 aromatic carbocycles. The van der Waals surface area contributed by atoms with Gasteiger partial charge >= 0.3 is 0 Å². The van der Waals surface area contributed by atoms with Gasteiger partial charge in [0.05, 0.1) is 11.4 Å². The second kappa shape index (κ2) is 9.09. The van der Waals surface area contributed by atoms with Gasteiger partial charge in [-0.1, -0.05) is 24.3 Å². The highest BCUT2D eigenvalue weighted by Crippen LogP contribution is 2.30. The molecule has 0 saturated heterocycles. The van der Waals surface area contributed by atoms with Crippen LogP contribution in [0.15, 0.2) is 73.3 Å². The molecule has 3 heterocycles. The number of nitrogens with two attached hydrogens (primary N) is 2. The number of hydrogen-bond acceptors (Lipinski definition) is 7. The predicted octanol–water partition coefficient (Wildman–Crippen LogP) is 3.54. The fraction of sp³-hybridized carbons (Fsp3) is 0.200. The first-order valence-corrected chi connectivity index (χ1v) is 11.7. The maximum atomic E-state index is 6.20. The van der Waals surface area contributed by atoms with Crippen molar-refractivity contribution in [2.75, 3.05) is 18.5 Å². The van der Waals surface area contributed by atoms with Gasteiger partial charge in [0, 0.05) is 56.2 Å². The molecule has 7 nitrogen and oxygen atoms in total. The second-order valence-corrected chi connectivity index (χ2v) is 9.41. The lowest BCUT2D eigenvalue weighted by Crippen LogP contribution is -2.30. The number of thiazole rings is 1. The molecule has 0 radical (unpaired) electrons. The Morgan fingerprint density at radius 1 is 1.18 bits per heavy atom. The molecule has 1 aliphatic rings.